The summed E-state index contributed by atoms with van der Waals surface area (Å²) in [6.07, 6.45) is 6.05. The number of carbonyl (C=O) groups excluding carboxylic acids is 5. The van der Waals surface area contributed by atoms with Crippen molar-refractivity contribution in [2.75, 3.05) is 13.2 Å². The molecule has 2 atom stereocenters. The molecule has 5 rings (SSSR count). The van der Waals surface area contributed by atoms with Crippen LogP contribution < -0.4 is 5.32 Å². The highest BCUT2D eigenvalue weighted by Gasteiger charge is 2.53. The lowest BCUT2D eigenvalue weighted by Crippen LogP contribution is -2.50. The maximum Gasteiger partial charge on any atom is 0.318 e. The number of aromatic nitrogens is 4. The normalized spacial score (nSPS) is 22.9. The fourth-order valence-electron chi connectivity index (χ4n) is 5.74. The quantitative estimate of drug-likeness (QED) is 0.355. The number of esters is 1. The van der Waals surface area contributed by atoms with Gasteiger partial charge in [-0.3, -0.25) is 38.4 Å². The van der Waals surface area contributed by atoms with Gasteiger partial charge >= 0.3 is 5.97 Å². The number of piperidine rings is 1. The zero-order valence-corrected chi connectivity index (χ0v) is 22.6. The second-order valence-corrected chi connectivity index (χ2v) is 10.1. The summed E-state index contributed by atoms with van der Waals surface area (Å²) in [5.41, 5.74) is -0.913. The molecule has 13 heteroatoms. The zero-order valence-electron chi connectivity index (χ0n) is 22.6. The first-order valence-electron chi connectivity index (χ1n) is 13.4. The third-order valence-corrected chi connectivity index (χ3v) is 7.66. The lowest BCUT2D eigenvalue weighted by atomic mass is 9.76. The Bertz CT molecular complexity index is 1400. The van der Waals surface area contributed by atoms with E-state index in [-0.39, 0.29) is 69.5 Å². The number of aliphatic hydroxyl groups excluding tert-OH is 1. The first kappa shape index (κ1) is 28.8. The molecule has 212 valence electrons. The largest absolute Gasteiger partial charge is 0.465 e. The number of nitrogens with zero attached hydrogens (tertiary/aromatic N) is 5. The van der Waals surface area contributed by atoms with Gasteiger partial charge in [-0.1, -0.05) is 6.92 Å². The topological polar surface area (TPSA) is 186 Å². The van der Waals surface area contributed by atoms with E-state index in [1.54, 1.807) is 13.1 Å². The van der Waals surface area contributed by atoms with Gasteiger partial charge in [0.1, 0.15) is 22.5 Å². The number of hydrogen-bond acceptors (Lipinski definition) is 10. The molecule has 0 radical (unpaired) electrons. The monoisotopic (exact) mass is 552 g/mol. The fourth-order valence-corrected chi connectivity index (χ4v) is 5.74. The predicted molar refractivity (Wildman–Crippen MR) is 137 cm³/mol. The zero-order chi connectivity index (χ0) is 29.1. The summed E-state index contributed by atoms with van der Waals surface area (Å²) in [5.74, 6) is -0.375. The lowest BCUT2D eigenvalue weighted by Gasteiger charge is -2.29. The van der Waals surface area contributed by atoms with Gasteiger partial charge in [-0.15, -0.1) is 0 Å². The number of imidazole rings is 2. The minimum absolute atomic E-state index is 0.0576. The maximum atomic E-state index is 12.4. The Kier molecular flexibility index (Phi) is 8.29. The Morgan fingerprint density at radius 1 is 1.07 bits per heavy atom. The summed E-state index contributed by atoms with van der Waals surface area (Å²) in [5, 5.41) is 20.1. The van der Waals surface area contributed by atoms with Crippen molar-refractivity contribution in [1.29, 1.82) is 5.26 Å². The Morgan fingerprint density at radius 3 is 2.35 bits per heavy atom. The van der Waals surface area contributed by atoms with Gasteiger partial charge < -0.3 is 9.84 Å². The van der Waals surface area contributed by atoms with Crippen molar-refractivity contribution in [3.05, 3.63) is 35.4 Å². The van der Waals surface area contributed by atoms with Gasteiger partial charge in [-0.05, 0) is 26.2 Å². The molecular weight excluding hydrogens is 520 g/mol. The van der Waals surface area contributed by atoms with Crippen molar-refractivity contribution in [2.24, 2.45) is 0 Å². The van der Waals surface area contributed by atoms with Gasteiger partial charge in [0.15, 0.2) is 0 Å². The number of nitriles is 1. The van der Waals surface area contributed by atoms with Crippen LogP contribution in [0.5, 0.6) is 0 Å². The van der Waals surface area contributed by atoms with Gasteiger partial charge in [-0.25, -0.2) is 9.97 Å². The number of amides is 2. The number of hydrogen-bond donors (Lipinski definition) is 2. The molecule has 3 aliphatic heterocycles. The van der Waals surface area contributed by atoms with Crippen LogP contribution in [0.1, 0.15) is 91.4 Å². The minimum atomic E-state index is -1.05. The van der Waals surface area contributed by atoms with Gasteiger partial charge in [-0.2, -0.15) is 5.26 Å². The van der Waals surface area contributed by atoms with Crippen molar-refractivity contribution < 1.29 is 33.8 Å². The van der Waals surface area contributed by atoms with Crippen molar-refractivity contribution in [1.82, 2.24) is 24.4 Å². The van der Waals surface area contributed by atoms with E-state index in [1.807, 2.05) is 13.0 Å². The Hall–Kier alpha value is -4.18. The molecule has 0 bridgehead atoms. The van der Waals surface area contributed by atoms with Crippen LogP contribution in [0, 0.1) is 11.3 Å². The second-order valence-electron chi connectivity index (χ2n) is 10.1. The minimum Gasteiger partial charge on any atom is -0.465 e. The van der Waals surface area contributed by atoms with Crippen LogP contribution in [0.2, 0.25) is 0 Å². The van der Waals surface area contributed by atoms with Crippen molar-refractivity contribution in [3.63, 3.8) is 0 Å². The molecule has 2 amide bonds. The van der Waals surface area contributed by atoms with Crippen LogP contribution in [0.4, 0.5) is 0 Å². The van der Waals surface area contributed by atoms with E-state index in [0.29, 0.717) is 35.9 Å². The molecule has 40 heavy (non-hydrogen) atoms. The van der Waals surface area contributed by atoms with Gasteiger partial charge in [0.2, 0.25) is 23.6 Å². The molecule has 13 nitrogen and oxygen atoms in total. The number of ether oxygens (including phenoxy) is 1. The summed E-state index contributed by atoms with van der Waals surface area (Å²) in [6, 6.07) is 2.05. The lowest BCUT2D eigenvalue weighted by molar-refractivity contribution is -0.150. The van der Waals surface area contributed by atoms with Crippen LogP contribution in [-0.2, 0) is 42.8 Å². The van der Waals surface area contributed by atoms with E-state index in [0.717, 1.165) is 6.42 Å². The van der Waals surface area contributed by atoms with E-state index < -0.39 is 22.7 Å². The Labute approximate surface area is 230 Å². The molecule has 3 aliphatic rings. The summed E-state index contributed by atoms with van der Waals surface area (Å²) >= 11 is 0. The summed E-state index contributed by atoms with van der Waals surface area (Å²) < 4.78 is 8.11. The highest BCUT2D eigenvalue weighted by Crippen LogP contribution is 2.42. The average Bonchev–Trinajstić information content (AvgIpc) is 3.66. The summed E-state index contributed by atoms with van der Waals surface area (Å²) in [4.78, 5) is 68.6. The smallest absolute Gasteiger partial charge is 0.318 e. The molecule has 2 unspecified atom stereocenters. The van der Waals surface area contributed by atoms with Crippen molar-refractivity contribution >= 4 is 29.6 Å². The van der Waals surface area contributed by atoms with Gasteiger partial charge in [0.25, 0.3) is 0 Å². The van der Waals surface area contributed by atoms with Crippen LogP contribution in [-0.4, -0.2) is 67.0 Å². The first-order chi connectivity index (χ1) is 19.2. The van der Waals surface area contributed by atoms with Crippen LogP contribution >= 0.6 is 0 Å². The molecular formula is C27H32N6O7. The Morgan fingerprint density at radius 2 is 1.73 bits per heavy atom. The molecule has 2 N–H and O–H groups in total. The fraction of sp³-hybridized carbons (Fsp3) is 0.556. The number of carbonyl (C=O) groups is 5. The van der Waals surface area contributed by atoms with Crippen molar-refractivity contribution in [3.8, 4) is 6.07 Å². The predicted octanol–water partition coefficient (Wildman–Crippen LogP) is 1.12. The number of imide groups is 1. The number of rotatable bonds is 8. The number of aryl methyl sites for hydroxylation is 1. The molecule has 0 aromatic carbocycles. The van der Waals surface area contributed by atoms with Crippen LogP contribution in [0.15, 0.2) is 12.4 Å². The third kappa shape index (κ3) is 4.72. The Balaban J connectivity index is 0.000000186. The van der Waals surface area contributed by atoms with E-state index in [4.69, 9.17) is 15.1 Å². The van der Waals surface area contributed by atoms with E-state index in [9.17, 15) is 24.0 Å². The first-order valence-corrected chi connectivity index (χ1v) is 13.4. The van der Waals surface area contributed by atoms with Gasteiger partial charge in [0.05, 0.1) is 43.1 Å². The average molecular weight is 553 g/mol. The SMILES string of the molecule is CCCc1ncc2n1C(=O)CC2(CCC#N)C(=O)OCC.O=C1CCC2(CC(=O)n3c2cnc3CCO)C(=O)N1. The molecule has 1 saturated heterocycles. The third-order valence-electron chi connectivity index (χ3n) is 7.66. The number of nitrogens with one attached hydrogen (secondary N) is 1. The van der Waals surface area contributed by atoms with Gasteiger partial charge in [0, 0.05) is 38.5 Å². The molecule has 2 aromatic rings. The molecule has 1 spiro atoms. The number of aliphatic hydroxyl groups is 1. The van der Waals surface area contributed by atoms with Crippen LogP contribution in [0.3, 0.4) is 0 Å². The highest BCUT2D eigenvalue weighted by molar-refractivity contribution is 6.07. The molecule has 0 aliphatic carbocycles. The molecule has 2 aromatic heterocycles. The summed E-state index contributed by atoms with van der Waals surface area (Å²) in [6.45, 7) is 3.88. The van der Waals surface area contributed by atoms with E-state index in [2.05, 4.69) is 15.3 Å². The van der Waals surface area contributed by atoms with Crippen molar-refractivity contribution in [2.45, 2.75) is 82.5 Å². The molecule has 0 saturated carbocycles. The second kappa shape index (κ2) is 11.5. The van der Waals surface area contributed by atoms with E-state index >= 15 is 0 Å². The maximum absolute atomic E-state index is 12.4. The van der Waals surface area contributed by atoms with Crippen LogP contribution in [0.25, 0.3) is 0 Å². The molecule has 1 fully saturated rings. The standard InChI is InChI=1S/C15H19N3O3.C12H13N3O4/c1-3-6-12-17-10-11-15(7-5-8-16,14(20)21-4-2)9-13(19)18(11)12;16-4-2-8-13-6-7-12(5-10(18)15(7)8)3-1-9(17)14-11(12)19/h10H,3-7,9H2,1-2H3;6,16H,1-5H2,(H,14,17,19). The van der Waals surface area contributed by atoms with E-state index in [1.165, 1.54) is 15.3 Å². The highest BCUT2D eigenvalue weighted by atomic mass is 16.5. The summed E-state index contributed by atoms with van der Waals surface area (Å²) in [7, 11) is 0. The molecule has 5 heterocycles. The number of fused-ring (bicyclic) bond motifs is 3.